The van der Waals surface area contributed by atoms with Crippen molar-refractivity contribution in [2.24, 2.45) is 4.99 Å². The minimum absolute atomic E-state index is 0.0473. The Labute approximate surface area is 156 Å². The van der Waals surface area contributed by atoms with Crippen LogP contribution in [-0.2, 0) is 10.5 Å². The molecule has 132 valence electrons. The highest BCUT2D eigenvalue weighted by atomic mass is 32.2. The molecular weight excluding hydrogens is 354 g/mol. The fraction of sp³-hybridized carbons (Fsp3) is 0.389. The average molecular weight is 376 g/mol. The van der Waals surface area contributed by atoms with Gasteiger partial charge in [0.2, 0.25) is 5.91 Å². The van der Waals surface area contributed by atoms with E-state index < -0.39 is 0 Å². The molecule has 0 aliphatic carbocycles. The molecular formula is C18H21N3O2S2. The van der Waals surface area contributed by atoms with Gasteiger partial charge in [0, 0.05) is 11.8 Å². The summed E-state index contributed by atoms with van der Waals surface area (Å²) in [5.74, 6) is 1.99. The highest BCUT2D eigenvalue weighted by Gasteiger charge is 2.24. The van der Waals surface area contributed by atoms with Crippen LogP contribution in [0.25, 0.3) is 0 Å². The number of rotatable bonds is 6. The molecule has 0 spiro atoms. The number of hydrogen-bond donors (Lipinski definition) is 1. The molecule has 0 saturated carbocycles. The Bertz CT molecular complexity index is 773. The van der Waals surface area contributed by atoms with Gasteiger partial charge in [-0.15, -0.1) is 0 Å². The number of thioether (sulfide) groups is 2. The number of nitrogens with one attached hydrogen (secondary N) is 1. The maximum atomic E-state index is 12.7. The van der Waals surface area contributed by atoms with Gasteiger partial charge in [0.05, 0.1) is 10.9 Å². The normalized spacial score (nSPS) is 14.6. The molecule has 0 radical (unpaired) electrons. The molecule has 1 amide bonds. The van der Waals surface area contributed by atoms with Crippen molar-refractivity contribution in [3.05, 3.63) is 41.7 Å². The third kappa shape index (κ3) is 4.89. The van der Waals surface area contributed by atoms with Crippen LogP contribution in [0.15, 0.2) is 39.8 Å². The van der Waals surface area contributed by atoms with Gasteiger partial charge in [0.15, 0.2) is 5.82 Å². The Morgan fingerprint density at radius 3 is 3.04 bits per heavy atom. The van der Waals surface area contributed by atoms with Crippen molar-refractivity contribution >= 4 is 45.3 Å². The average Bonchev–Trinajstić information content (AvgIpc) is 3.03. The molecule has 1 aromatic carbocycles. The molecule has 0 bridgehead atoms. The van der Waals surface area contributed by atoms with Crippen molar-refractivity contribution in [2.45, 2.75) is 44.1 Å². The van der Waals surface area contributed by atoms with Crippen molar-refractivity contribution in [3.8, 4) is 0 Å². The Morgan fingerprint density at radius 2 is 2.28 bits per heavy atom. The van der Waals surface area contributed by atoms with E-state index in [4.69, 9.17) is 9.52 Å². The second-order valence-electron chi connectivity index (χ2n) is 5.86. The number of aliphatic imine (C=N–C) groups is 1. The SMILES string of the molecule is CCCCC(SC1=Nc2ccccc2CS1)C(=O)Nc1cc(C)on1. The van der Waals surface area contributed by atoms with Gasteiger partial charge in [-0.05, 0) is 25.0 Å². The van der Waals surface area contributed by atoms with E-state index in [9.17, 15) is 4.79 Å². The minimum Gasteiger partial charge on any atom is -0.360 e. The Kier molecular flexibility index (Phi) is 6.20. The first-order chi connectivity index (χ1) is 12.2. The molecule has 1 aliphatic heterocycles. The molecule has 0 saturated heterocycles. The number of hydrogen-bond acceptors (Lipinski definition) is 6. The van der Waals surface area contributed by atoms with Gasteiger partial charge in [-0.2, -0.15) is 0 Å². The molecule has 1 atom stereocenters. The lowest BCUT2D eigenvalue weighted by Gasteiger charge is -2.19. The van der Waals surface area contributed by atoms with Gasteiger partial charge in [-0.25, -0.2) is 4.99 Å². The number of aryl methyl sites for hydroxylation is 1. The van der Waals surface area contributed by atoms with Crippen LogP contribution >= 0.6 is 23.5 Å². The summed E-state index contributed by atoms with van der Waals surface area (Å²) in [5, 5.41) is 6.51. The second-order valence-corrected chi connectivity index (χ2v) is 8.27. The number of nitrogens with zero attached hydrogens (tertiary/aromatic N) is 2. The summed E-state index contributed by atoms with van der Waals surface area (Å²) in [7, 11) is 0. The molecule has 25 heavy (non-hydrogen) atoms. The fourth-order valence-corrected chi connectivity index (χ4v) is 4.79. The van der Waals surface area contributed by atoms with Gasteiger partial charge in [-0.1, -0.05) is 66.6 Å². The largest absolute Gasteiger partial charge is 0.360 e. The molecule has 2 heterocycles. The predicted molar refractivity (Wildman–Crippen MR) is 106 cm³/mol. The number of unbranched alkanes of at least 4 members (excludes halogenated alkanes) is 1. The van der Waals surface area contributed by atoms with Crippen LogP contribution in [0.5, 0.6) is 0 Å². The smallest absolute Gasteiger partial charge is 0.239 e. The molecule has 1 unspecified atom stereocenters. The number of fused-ring (bicyclic) bond motifs is 1. The molecule has 5 nitrogen and oxygen atoms in total. The highest BCUT2D eigenvalue weighted by molar-refractivity contribution is 8.39. The minimum atomic E-state index is -0.187. The number of anilines is 1. The number of benzene rings is 1. The van der Waals surface area contributed by atoms with Crippen molar-refractivity contribution in [2.75, 3.05) is 5.32 Å². The van der Waals surface area contributed by atoms with Crippen LogP contribution in [0, 0.1) is 6.92 Å². The number of carbonyl (C=O) groups is 1. The van der Waals surface area contributed by atoms with Crippen LogP contribution in [-0.4, -0.2) is 20.7 Å². The summed E-state index contributed by atoms with van der Waals surface area (Å²) in [5.41, 5.74) is 2.25. The van der Waals surface area contributed by atoms with E-state index in [-0.39, 0.29) is 11.2 Å². The van der Waals surface area contributed by atoms with E-state index in [1.807, 2.05) is 18.2 Å². The van der Waals surface area contributed by atoms with Gasteiger partial charge in [0.1, 0.15) is 10.1 Å². The van der Waals surface area contributed by atoms with Crippen LogP contribution in [0.2, 0.25) is 0 Å². The Morgan fingerprint density at radius 1 is 1.44 bits per heavy atom. The van der Waals surface area contributed by atoms with Crippen LogP contribution < -0.4 is 5.32 Å². The quantitative estimate of drug-likeness (QED) is 0.756. The lowest BCUT2D eigenvalue weighted by Crippen LogP contribution is -2.26. The summed E-state index contributed by atoms with van der Waals surface area (Å²) in [6.07, 6.45) is 2.86. The first-order valence-corrected chi connectivity index (χ1v) is 10.2. The molecule has 0 fully saturated rings. The number of carbonyl (C=O) groups excluding carboxylic acids is 1. The number of para-hydroxylation sites is 1. The van der Waals surface area contributed by atoms with Gasteiger partial charge < -0.3 is 9.84 Å². The zero-order valence-corrected chi connectivity index (χ0v) is 16.0. The zero-order chi connectivity index (χ0) is 17.6. The molecule has 1 aromatic heterocycles. The summed E-state index contributed by atoms with van der Waals surface area (Å²) in [6, 6.07) is 9.87. The van der Waals surface area contributed by atoms with Gasteiger partial charge in [-0.3, -0.25) is 4.79 Å². The van der Waals surface area contributed by atoms with E-state index in [1.54, 1.807) is 36.5 Å². The van der Waals surface area contributed by atoms with Crippen molar-refractivity contribution in [1.82, 2.24) is 5.16 Å². The first-order valence-electron chi connectivity index (χ1n) is 8.36. The van der Waals surface area contributed by atoms with E-state index in [0.717, 1.165) is 35.1 Å². The van der Waals surface area contributed by atoms with Crippen molar-refractivity contribution in [1.29, 1.82) is 0 Å². The van der Waals surface area contributed by atoms with Crippen LogP contribution in [0.1, 0.15) is 37.5 Å². The second kappa shape index (κ2) is 8.58. The molecule has 1 N–H and O–H groups in total. The fourth-order valence-electron chi connectivity index (χ4n) is 2.46. The number of aromatic nitrogens is 1. The predicted octanol–water partition coefficient (Wildman–Crippen LogP) is 5.15. The lowest BCUT2D eigenvalue weighted by atomic mass is 10.2. The lowest BCUT2D eigenvalue weighted by molar-refractivity contribution is -0.115. The number of amides is 1. The van der Waals surface area contributed by atoms with Crippen molar-refractivity contribution < 1.29 is 9.32 Å². The Balaban J connectivity index is 1.70. The summed E-state index contributed by atoms with van der Waals surface area (Å²) in [6.45, 7) is 3.93. The summed E-state index contributed by atoms with van der Waals surface area (Å²) < 4.78 is 5.97. The highest BCUT2D eigenvalue weighted by Crippen LogP contribution is 2.37. The topological polar surface area (TPSA) is 67.5 Å². The standard InChI is InChI=1S/C18H21N3O2S2/c1-3-4-9-15(17(22)20-16-10-12(2)23-21-16)25-18-19-14-8-6-5-7-13(14)11-24-18/h5-8,10,15H,3-4,9,11H2,1-2H3,(H,20,21,22). The van der Waals surface area contributed by atoms with Gasteiger partial charge in [0.25, 0.3) is 0 Å². The van der Waals surface area contributed by atoms with Crippen molar-refractivity contribution in [3.63, 3.8) is 0 Å². The Hall–Kier alpha value is -1.73. The van der Waals surface area contributed by atoms with E-state index in [0.29, 0.717) is 11.6 Å². The van der Waals surface area contributed by atoms with Crippen LogP contribution in [0.4, 0.5) is 11.5 Å². The summed E-state index contributed by atoms with van der Waals surface area (Å²) >= 11 is 3.24. The maximum Gasteiger partial charge on any atom is 0.239 e. The first kappa shape index (κ1) is 18.1. The van der Waals surface area contributed by atoms with E-state index >= 15 is 0 Å². The summed E-state index contributed by atoms with van der Waals surface area (Å²) in [4.78, 5) is 17.4. The third-order valence-corrected chi connectivity index (χ3v) is 6.25. The molecule has 7 heteroatoms. The van der Waals surface area contributed by atoms with Crippen LogP contribution in [0.3, 0.4) is 0 Å². The maximum absolute atomic E-state index is 12.7. The third-order valence-electron chi connectivity index (χ3n) is 3.79. The molecule has 2 aromatic rings. The monoisotopic (exact) mass is 375 g/mol. The molecule has 3 rings (SSSR count). The molecule has 1 aliphatic rings. The zero-order valence-electron chi connectivity index (χ0n) is 14.3. The van der Waals surface area contributed by atoms with E-state index in [1.165, 1.54) is 5.56 Å². The van der Waals surface area contributed by atoms with Gasteiger partial charge >= 0.3 is 0 Å². The van der Waals surface area contributed by atoms with E-state index in [2.05, 4.69) is 23.5 Å².